The van der Waals surface area contributed by atoms with Crippen molar-refractivity contribution in [1.82, 2.24) is 0 Å². The standard InChI is InChI=1S/C14H18BrNO3/c1-14(2,3)19-13(18)16-8-10(15)12(17)9-6-4-5-7-11(9)16/h4-7,10,12,17H,8H2,1-3H3/t10-,12+/m1/s1. The summed E-state index contributed by atoms with van der Waals surface area (Å²) in [6, 6.07) is 7.34. The molecule has 0 aromatic heterocycles. The van der Waals surface area contributed by atoms with E-state index < -0.39 is 17.8 Å². The van der Waals surface area contributed by atoms with Crippen LogP contribution in [0.25, 0.3) is 0 Å². The number of ether oxygens (including phenoxy) is 1. The summed E-state index contributed by atoms with van der Waals surface area (Å²) < 4.78 is 5.40. The van der Waals surface area contributed by atoms with Gasteiger partial charge in [-0.1, -0.05) is 34.1 Å². The maximum Gasteiger partial charge on any atom is 0.414 e. The van der Waals surface area contributed by atoms with Crippen LogP contribution in [-0.4, -0.2) is 28.2 Å². The topological polar surface area (TPSA) is 49.8 Å². The first-order valence-electron chi connectivity index (χ1n) is 6.21. The second kappa shape index (κ2) is 5.13. The highest BCUT2D eigenvalue weighted by Gasteiger charge is 2.35. The Morgan fingerprint density at radius 3 is 2.68 bits per heavy atom. The van der Waals surface area contributed by atoms with E-state index in [4.69, 9.17) is 4.74 Å². The van der Waals surface area contributed by atoms with Crippen LogP contribution in [0.3, 0.4) is 0 Å². The highest BCUT2D eigenvalue weighted by Crippen LogP contribution is 2.37. The number of fused-ring (bicyclic) bond motifs is 1. The van der Waals surface area contributed by atoms with Gasteiger partial charge in [0.05, 0.1) is 16.6 Å². The van der Waals surface area contributed by atoms with E-state index in [0.29, 0.717) is 12.2 Å². The van der Waals surface area contributed by atoms with E-state index in [1.165, 1.54) is 0 Å². The van der Waals surface area contributed by atoms with Crippen LogP contribution in [-0.2, 0) is 4.74 Å². The summed E-state index contributed by atoms with van der Waals surface area (Å²) in [5, 5.41) is 10.1. The summed E-state index contributed by atoms with van der Waals surface area (Å²) in [6.45, 7) is 5.89. The SMILES string of the molecule is CC(C)(C)OC(=O)N1C[C@@H](Br)[C@@H](O)c2ccccc21. The van der Waals surface area contributed by atoms with Crippen LogP contribution in [0.2, 0.25) is 0 Å². The zero-order valence-corrected chi connectivity index (χ0v) is 12.8. The monoisotopic (exact) mass is 327 g/mol. The van der Waals surface area contributed by atoms with E-state index in [9.17, 15) is 9.90 Å². The van der Waals surface area contributed by atoms with Crippen molar-refractivity contribution < 1.29 is 14.6 Å². The number of aliphatic hydroxyl groups excluding tert-OH is 1. The highest BCUT2D eigenvalue weighted by atomic mass is 79.9. The minimum Gasteiger partial charge on any atom is -0.443 e. The Labute approximate surface area is 121 Å². The summed E-state index contributed by atoms with van der Waals surface area (Å²) in [7, 11) is 0. The van der Waals surface area contributed by atoms with Gasteiger partial charge in [-0.3, -0.25) is 4.90 Å². The number of rotatable bonds is 0. The second-order valence-corrected chi connectivity index (χ2v) is 6.79. The maximum atomic E-state index is 12.2. The molecule has 2 atom stereocenters. The highest BCUT2D eigenvalue weighted by molar-refractivity contribution is 9.09. The van der Waals surface area contributed by atoms with Crippen LogP contribution in [0.4, 0.5) is 10.5 Å². The molecule has 4 nitrogen and oxygen atoms in total. The molecule has 1 N–H and O–H groups in total. The molecule has 0 saturated heterocycles. The lowest BCUT2D eigenvalue weighted by atomic mass is 9.99. The van der Waals surface area contributed by atoms with E-state index in [-0.39, 0.29) is 4.83 Å². The summed E-state index contributed by atoms with van der Waals surface area (Å²) >= 11 is 3.41. The van der Waals surface area contributed by atoms with E-state index in [1.54, 1.807) is 4.90 Å². The van der Waals surface area contributed by atoms with E-state index >= 15 is 0 Å². The van der Waals surface area contributed by atoms with Crippen LogP contribution in [0.1, 0.15) is 32.4 Å². The molecule has 1 aliphatic rings. The van der Waals surface area contributed by atoms with E-state index in [1.807, 2.05) is 45.0 Å². The van der Waals surface area contributed by atoms with E-state index in [2.05, 4.69) is 15.9 Å². The fourth-order valence-electron chi connectivity index (χ4n) is 2.04. The number of hydrogen-bond acceptors (Lipinski definition) is 3. The van der Waals surface area contributed by atoms with Gasteiger partial charge < -0.3 is 9.84 Å². The molecule has 0 spiro atoms. The predicted octanol–water partition coefficient (Wildman–Crippen LogP) is 3.24. The molecule has 1 aromatic carbocycles. The number of aliphatic hydroxyl groups is 1. The van der Waals surface area contributed by atoms with E-state index in [0.717, 1.165) is 5.56 Å². The van der Waals surface area contributed by atoms with Crippen LogP contribution < -0.4 is 4.90 Å². The van der Waals surface area contributed by atoms with Crippen LogP contribution in [0, 0.1) is 0 Å². The molecule has 0 aliphatic carbocycles. The van der Waals surface area contributed by atoms with Gasteiger partial charge in [-0.05, 0) is 26.8 Å². The Morgan fingerprint density at radius 2 is 2.05 bits per heavy atom. The molecule has 5 heteroatoms. The molecular formula is C14H18BrNO3. The fraction of sp³-hybridized carbons (Fsp3) is 0.500. The minimum atomic E-state index is -0.616. The number of para-hydroxylation sites is 1. The molecule has 1 amide bonds. The Balaban J connectivity index is 2.32. The van der Waals surface area contributed by atoms with Crippen molar-refractivity contribution >= 4 is 27.7 Å². The number of amides is 1. The number of carbonyl (C=O) groups is 1. The van der Waals surface area contributed by atoms with Gasteiger partial charge >= 0.3 is 6.09 Å². The molecule has 0 fully saturated rings. The molecule has 1 aliphatic heterocycles. The zero-order valence-electron chi connectivity index (χ0n) is 11.3. The van der Waals surface area contributed by atoms with Crippen molar-refractivity contribution in [3.63, 3.8) is 0 Å². The lowest BCUT2D eigenvalue weighted by Gasteiger charge is -2.36. The summed E-state index contributed by atoms with van der Waals surface area (Å²) in [6.07, 6.45) is -1.01. The smallest absolute Gasteiger partial charge is 0.414 e. The maximum absolute atomic E-state index is 12.2. The second-order valence-electron chi connectivity index (χ2n) is 5.61. The number of alkyl halides is 1. The average molecular weight is 328 g/mol. The van der Waals surface area contributed by atoms with Gasteiger partial charge in [0, 0.05) is 12.1 Å². The Bertz CT molecular complexity index is 484. The number of nitrogens with zero attached hydrogens (tertiary/aromatic N) is 1. The van der Waals surface area contributed by atoms with Gasteiger partial charge in [0.15, 0.2) is 0 Å². The normalized spacial score (nSPS) is 22.9. The van der Waals surface area contributed by atoms with Crippen molar-refractivity contribution in [2.45, 2.75) is 37.3 Å². The minimum absolute atomic E-state index is 0.199. The van der Waals surface area contributed by atoms with Gasteiger partial charge in [0.25, 0.3) is 0 Å². The first kappa shape index (κ1) is 14.3. The molecule has 1 aromatic rings. The van der Waals surface area contributed by atoms with Crippen molar-refractivity contribution in [2.24, 2.45) is 0 Å². The summed E-state index contributed by atoms with van der Waals surface area (Å²) in [4.78, 5) is 13.6. The van der Waals surface area contributed by atoms with Gasteiger partial charge in [0.1, 0.15) is 5.60 Å². The number of carbonyl (C=O) groups excluding carboxylic acids is 1. The third-order valence-electron chi connectivity index (χ3n) is 2.86. The number of hydrogen-bond donors (Lipinski definition) is 1. The summed E-state index contributed by atoms with van der Waals surface area (Å²) in [5.41, 5.74) is 0.908. The largest absolute Gasteiger partial charge is 0.443 e. The number of anilines is 1. The molecule has 19 heavy (non-hydrogen) atoms. The number of halogens is 1. The van der Waals surface area contributed by atoms with Crippen molar-refractivity contribution in [3.8, 4) is 0 Å². The predicted molar refractivity (Wildman–Crippen MR) is 77.7 cm³/mol. The molecule has 0 radical (unpaired) electrons. The zero-order chi connectivity index (χ0) is 14.2. The third-order valence-corrected chi connectivity index (χ3v) is 3.65. The van der Waals surface area contributed by atoms with Crippen molar-refractivity contribution in [2.75, 3.05) is 11.4 Å². The lowest BCUT2D eigenvalue weighted by molar-refractivity contribution is 0.0568. The molecule has 104 valence electrons. The Hall–Kier alpha value is -1.07. The van der Waals surface area contributed by atoms with Gasteiger partial charge in [-0.15, -0.1) is 0 Å². The fourth-order valence-corrected chi connectivity index (χ4v) is 2.62. The van der Waals surface area contributed by atoms with Crippen molar-refractivity contribution in [3.05, 3.63) is 29.8 Å². The number of benzene rings is 1. The van der Waals surface area contributed by atoms with Crippen LogP contribution in [0.5, 0.6) is 0 Å². The van der Waals surface area contributed by atoms with Crippen LogP contribution in [0.15, 0.2) is 24.3 Å². The lowest BCUT2D eigenvalue weighted by Crippen LogP contribution is -2.44. The first-order chi connectivity index (χ1) is 8.79. The molecule has 0 unspecified atom stereocenters. The van der Waals surface area contributed by atoms with Crippen LogP contribution >= 0.6 is 15.9 Å². The molecule has 1 heterocycles. The average Bonchev–Trinajstić information content (AvgIpc) is 2.31. The molecule has 0 saturated carbocycles. The molecule has 2 rings (SSSR count). The Morgan fingerprint density at radius 1 is 1.42 bits per heavy atom. The third kappa shape index (κ3) is 3.09. The Kier molecular flexibility index (Phi) is 3.87. The molecule has 0 bridgehead atoms. The summed E-state index contributed by atoms with van der Waals surface area (Å²) in [5.74, 6) is 0. The van der Waals surface area contributed by atoms with Gasteiger partial charge in [-0.25, -0.2) is 4.79 Å². The quantitative estimate of drug-likeness (QED) is 0.744. The molecular weight excluding hydrogens is 310 g/mol. The van der Waals surface area contributed by atoms with Gasteiger partial charge in [-0.2, -0.15) is 0 Å². The van der Waals surface area contributed by atoms with Gasteiger partial charge in [0.2, 0.25) is 0 Å². The first-order valence-corrected chi connectivity index (χ1v) is 7.13. The van der Waals surface area contributed by atoms with Crippen molar-refractivity contribution in [1.29, 1.82) is 0 Å².